The number of carbonyl (C=O) groups excluding carboxylic acids is 2. The van der Waals surface area contributed by atoms with Crippen LogP contribution in [0.3, 0.4) is 0 Å². The molecule has 2 aromatic carbocycles. The highest BCUT2D eigenvalue weighted by Gasteiger charge is 2.12. The number of methoxy groups -OCH3 is 1. The van der Waals surface area contributed by atoms with E-state index in [1.807, 2.05) is 31.2 Å². The van der Waals surface area contributed by atoms with Gasteiger partial charge in [-0.2, -0.15) is 15.4 Å². The van der Waals surface area contributed by atoms with Crippen LogP contribution in [0.15, 0.2) is 54.7 Å². The zero-order chi connectivity index (χ0) is 23.7. The molecule has 0 radical (unpaired) electrons. The Morgan fingerprint density at radius 3 is 2.71 bits per heavy atom. The maximum Gasteiger partial charge on any atom is 0.354 e. The van der Waals surface area contributed by atoms with E-state index in [2.05, 4.69) is 36.0 Å². The standard InChI is InChI=1S/C24H21N7O3/c1-13-3-5-17(27-23(32)14-4-6-19-20(9-14)30-31-29-19)8-16(13)11-25-18-7-15-10-21(24(33)34-2)28-22(15)26-12-18/h3-10,12,25H,11H2,1-2H3,(H,26,28)(H,27,32)(H,29,30,31). The number of anilines is 2. The van der Waals surface area contributed by atoms with Crippen molar-refractivity contribution in [2.24, 2.45) is 0 Å². The highest BCUT2D eigenvalue weighted by Crippen LogP contribution is 2.21. The predicted octanol–water partition coefficient (Wildman–Crippen LogP) is 3.79. The number of nitrogens with zero attached hydrogens (tertiary/aromatic N) is 3. The van der Waals surface area contributed by atoms with Crippen molar-refractivity contribution in [3.63, 3.8) is 0 Å². The van der Waals surface area contributed by atoms with E-state index in [0.29, 0.717) is 40.2 Å². The van der Waals surface area contributed by atoms with E-state index in [-0.39, 0.29) is 5.91 Å². The molecule has 5 rings (SSSR count). The molecule has 0 saturated carbocycles. The number of hydrogen-bond donors (Lipinski definition) is 4. The van der Waals surface area contributed by atoms with Gasteiger partial charge in [0.25, 0.3) is 5.91 Å². The lowest BCUT2D eigenvalue weighted by atomic mass is 10.1. The number of H-pyrrole nitrogens is 2. The van der Waals surface area contributed by atoms with Crippen LogP contribution in [0.2, 0.25) is 0 Å². The minimum absolute atomic E-state index is 0.226. The second-order valence-corrected chi connectivity index (χ2v) is 7.81. The zero-order valence-electron chi connectivity index (χ0n) is 18.5. The smallest absolute Gasteiger partial charge is 0.354 e. The molecular weight excluding hydrogens is 434 g/mol. The summed E-state index contributed by atoms with van der Waals surface area (Å²) in [6, 6.07) is 14.5. The molecule has 0 atom stereocenters. The Bertz CT molecular complexity index is 1540. The van der Waals surface area contributed by atoms with E-state index in [4.69, 9.17) is 4.74 Å². The molecule has 10 nitrogen and oxygen atoms in total. The molecule has 34 heavy (non-hydrogen) atoms. The number of esters is 1. The van der Waals surface area contributed by atoms with E-state index in [1.54, 1.807) is 30.5 Å². The summed E-state index contributed by atoms with van der Waals surface area (Å²) in [6.45, 7) is 2.54. The first-order valence-corrected chi connectivity index (χ1v) is 10.5. The van der Waals surface area contributed by atoms with Crippen LogP contribution in [-0.4, -0.2) is 44.4 Å². The molecule has 10 heteroatoms. The lowest BCUT2D eigenvalue weighted by Crippen LogP contribution is -2.12. The number of benzene rings is 2. The van der Waals surface area contributed by atoms with Crippen molar-refractivity contribution in [1.82, 2.24) is 25.4 Å². The molecule has 0 spiro atoms. The third kappa shape index (κ3) is 4.16. The third-order valence-electron chi connectivity index (χ3n) is 5.54. The number of hydrogen-bond acceptors (Lipinski definition) is 7. The van der Waals surface area contributed by atoms with Crippen molar-refractivity contribution < 1.29 is 14.3 Å². The van der Waals surface area contributed by atoms with Gasteiger partial charge in [-0.3, -0.25) is 4.79 Å². The Hall–Kier alpha value is -4.73. The van der Waals surface area contributed by atoms with Gasteiger partial charge in [-0.15, -0.1) is 0 Å². The highest BCUT2D eigenvalue weighted by molar-refractivity contribution is 6.05. The SMILES string of the molecule is COC(=O)c1cc2cc(NCc3cc(NC(=O)c4ccc5n[nH]nc5c4)ccc3C)cnc2[nH]1. The van der Waals surface area contributed by atoms with Crippen molar-refractivity contribution >= 4 is 45.3 Å². The van der Waals surface area contributed by atoms with Crippen molar-refractivity contribution in [3.8, 4) is 0 Å². The molecule has 4 N–H and O–H groups in total. The summed E-state index contributed by atoms with van der Waals surface area (Å²) >= 11 is 0. The normalized spacial score (nSPS) is 11.0. The van der Waals surface area contributed by atoms with Crippen LogP contribution < -0.4 is 10.6 Å². The number of fused-ring (bicyclic) bond motifs is 2. The molecule has 0 saturated heterocycles. The van der Waals surface area contributed by atoms with Gasteiger partial charge in [-0.05, 0) is 60.5 Å². The number of pyridine rings is 1. The fourth-order valence-corrected chi connectivity index (χ4v) is 3.65. The van der Waals surface area contributed by atoms with E-state index in [1.165, 1.54) is 7.11 Å². The van der Waals surface area contributed by atoms with Crippen molar-refractivity contribution in [3.05, 3.63) is 77.1 Å². The van der Waals surface area contributed by atoms with Crippen LogP contribution in [0.25, 0.3) is 22.1 Å². The van der Waals surface area contributed by atoms with Crippen molar-refractivity contribution in [2.45, 2.75) is 13.5 Å². The van der Waals surface area contributed by atoms with Gasteiger partial charge < -0.3 is 20.4 Å². The van der Waals surface area contributed by atoms with Crippen LogP contribution in [-0.2, 0) is 11.3 Å². The minimum atomic E-state index is -0.442. The maximum atomic E-state index is 12.7. The largest absolute Gasteiger partial charge is 0.464 e. The monoisotopic (exact) mass is 455 g/mol. The number of aromatic nitrogens is 5. The molecule has 0 aliphatic rings. The van der Waals surface area contributed by atoms with Gasteiger partial charge >= 0.3 is 5.97 Å². The predicted molar refractivity (Wildman–Crippen MR) is 128 cm³/mol. The average molecular weight is 455 g/mol. The van der Waals surface area contributed by atoms with Crippen LogP contribution in [0.5, 0.6) is 0 Å². The number of nitrogens with one attached hydrogen (secondary N) is 4. The molecule has 1 amide bonds. The minimum Gasteiger partial charge on any atom is -0.464 e. The van der Waals surface area contributed by atoms with Gasteiger partial charge in [0.05, 0.1) is 19.0 Å². The maximum absolute atomic E-state index is 12.7. The zero-order valence-corrected chi connectivity index (χ0v) is 18.5. The third-order valence-corrected chi connectivity index (χ3v) is 5.54. The second kappa shape index (κ2) is 8.66. The first-order valence-electron chi connectivity index (χ1n) is 10.5. The number of ether oxygens (including phenoxy) is 1. The van der Waals surface area contributed by atoms with E-state index in [9.17, 15) is 9.59 Å². The molecule has 0 unspecified atom stereocenters. The Balaban J connectivity index is 1.29. The van der Waals surface area contributed by atoms with Gasteiger partial charge in [-0.1, -0.05) is 6.07 Å². The first-order chi connectivity index (χ1) is 16.5. The summed E-state index contributed by atoms with van der Waals surface area (Å²) in [5.41, 5.74) is 6.39. The van der Waals surface area contributed by atoms with Crippen LogP contribution >= 0.6 is 0 Å². The lowest BCUT2D eigenvalue weighted by molar-refractivity contribution is 0.0595. The number of aryl methyl sites for hydroxylation is 1. The van der Waals surface area contributed by atoms with Gasteiger partial charge in [0.1, 0.15) is 22.4 Å². The summed E-state index contributed by atoms with van der Waals surface area (Å²) in [7, 11) is 1.34. The Labute approximate surface area is 193 Å². The summed E-state index contributed by atoms with van der Waals surface area (Å²) in [4.78, 5) is 31.8. The van der Waals surface area contributed by atoms with Gasteiger partial charge in [0.15, 0.2) is 0 Å². The van der Waals surface area contributed by atoms with Crippen LogP contribution in [0.1, 0.15) is 32.0 Å². The van der Waals surface area contributed by atoms with Crippen molar-refractivity contribution in [2.75, 3.05) is 17.7 Å². The molecule has 170 valence electrons. The number of rotatable bonds is 6. The topological polar surface area (TPSA) is 138 Å². The fourth-order valence-electron chi connectivity index (χ4n) is 3.65. The van der Waals surface area contributed by atoms with E-state index in [0.717, 1.165) is 22.2 Å². The summed E-state index contributed by atoms with van der Waals surface area (Å²) in [5, 5.41) is 17.7. The summed E-state index contributed by atoms with van der Waals surface area (Å²) < 4.78 is 4.75. The van der Waals surface area contributed by atoms with E-state index < -0.39 is 5.97 Å². The molecule has 3 aromatic heterocycles. The number of aromatic amines is 2. The Kier molecular flexibility index (Phi) is 5.38. The Morgan fingerprint density at radius 1 is 1.00 bits per heavy atom. The second-order valence-electron chi connectivity index (χ2n) is 7.81. The molecule has 3 heterocycles. The van der Waals surface area contributed by atoms with Gasteiger partial charge in [0.2, 0.25) is 0 Å². The fraction of sp³-hybridized carbons (Fsp3) is 0.125. The first kappa shape index (κ1) is 21.1. The summed E-state index contributed by atoms with van der Waals surface area (Å²) in [6.07, 6.45) is 1.70. The molecule has 0 bridgehead atoms. The van der Waals surface area contributed by atoms with Crippen molar-refractivity contribution in [1.29, 1.82) is 0 Å². The number of carbonyl (C=O) groups is 2. The Morgan fingerprint density at radius 2 is 1.85 bits per heavy atom. The number of amides is 1. The average Bonchev–Trinajstić information content (AvgIpc) is 3.49. The summed E-state index contributed by atoms with van der Waals surface area (Å²) in [5.74, 6) is -0.667. The van der Waals surface area contributed by atoms with Crippen LogP contribution in [0.4, 0.5) is 11.4 Å². The van der Waals surface area contributed by atoms with Gasteiger partial charge in [-0.25, -0.2) is 9.78 Å². The molecule has 0 fully saturated rings. The van der Waals surface area contributed by atoms with Crippen LogP contribution in [0, 0.1) is 6.92 Å². The molecule has 0 aliphatic heterocycles. The van der Waals surface area contributed by atoms with E-state index >= 15 is 0 Å². The highest BCUT2D eigenvalue weighted by atomic mass is 16.5. The molecule has 5 aromatic rings. The quantitative estimate of drug-likeness (QED) is 0.286. The lowest BCUT2D eigenvalue weighted by Gasteiger charge is -2.12. The molecular formula is C24H21N7O3. The molecule has 0 aliphatic carbocycles. The van der Waals surface area contributed by atoms with Gasteiger partial charge in [0, 0.05) is 23.2 Å².